The van der Waals surface area contributed by atoms with E-state index < -0.39 is 259 Å². The Bertz CT molecular complexity index is 3110. The normalized spacial score (nSPS) is 15.0. The van der Waals surface area contributed by atoms with Crippen molar-refractivity contribution in [2.24, 2.45) is 68.8 Å². The highest BCUT2D eigenvalue weighted by molar-refractivity contribution is 7.80. The van der Waals surface area contributed by atoms with Gasteiger partial charge in [0.25, 0.3) is 0 Å². The number of nitrogens with one attached hydrogen (secondary N) is 13. The minimum absolute atomic E-state index is 0.0449. The second-order valence-corrected chi connectivity index (χ2v) is 27.3. The van der Waals surface area contributed by atoms with Gasteiger partial charge in [-0.1, -0.05) is 61.8 Å². The molecule has 606 valence electrons. The van der Waals surface area contributed by atoms with Gasteiger partial charge in [0, 0.05) is 43.1 Å². The molecule has 0 saturated heterocycles. The summed E-state index contributed by atoms with van der Waals surface area (Å²) in [6.45, 7) is 11.7. The van der Waals surface area contributed by atoms with Gasteiger partial charge in [-0.3, -0.25) is 86.5 Å². The minimum Gasteiger partial charge on any atom is -0.481 e. The highest BCUT2D eigenvalue weighted by Crippen LogP contribution is 2.15. The number of carbonyl (C=O) groups excluding carboxylic acids is 16. The lowest BCUT2D eigenvalue weighted by molar-refractivity contribution is -0.143. The highest BCUT2D eigenvalue weighted by Gasteiger charge is 2.39. The molecule has 0 rings (SSSR count). The number of amides is 16. The van der Waals surface area contributed by atoms with Gasteiger partial charge < -0.3 is 119 Å². The third kappa shape index (κ3) is 38.2. The van der Waals surface area contributed by atoms with Gasteiger partial charge in [0.15, 0.2) is 5.96 Å². The molecule has 0 spiro atoms. The zero-order chi connectivity index (χ0) is 82.1. The number of guanidine groups is 1. The number of hydrogen-bond donors (Lipinski definition) is 25. The van der Waals surface area contributed by atoms with Crippen LogP contribution in [0.3, 0.4) is 0 Å². The smallest absolute Gasteiger partial charge is 0.326 e. The molecule has 44 heteroatoms. The molecule has 0 aliphatic heterocycles. The monoisotopic (exact) mass is 1580 g/mol. The molecule has 0 aromatic rings. The van der Waals surface area contributed by atoms with Crippen LogP contribution in [0, 0.1) is 23.7 Å². The number of thiol groups is 3. The van der Waals surface area contributed by atoms with Gasteiger partial charge in [0.05, 0.1) is 19.0 Å². The number of carbonyl (C=O) groups is 18. The fourth-order valence-electron chi connectivity index (χ4n) is 9.76. The van der Waals surface area contributed by atoms with Crippen molar-refractivity contribution < 1.29 is 96.5 Å². The summed E-state index contributed by atoms with van der Waals surface area (Å²) in [7, 11) is 0. The van der Waals surface area contributed by atoms with E-state index in [-0.39, 0.29) is 69.7 Å². The van der Waals surface area contributed by atoms with Gasteiger partial charge in [-0.2, -0.15) is 37.9 Å². The van der Waals surface area contributed by atoms with Gasteiger partial charge in [-0.15, -0.1) is 0 Å². The molecular weight excluding hydrogens is 1470 g/mol. The first-order valence-corrected chi connectivity index (χ1v) is 36.4. The molecule has 0 heterocycles. The Morgan fingerprint density at radius 3 is 1.16 bits per heavy atom. The van der Waals surface area contributed by atoms with Crippen molar-refractivity contribution in [2.45, 2.75) is 217 Å². The predicted octanol–water partition coefficient (Wildman–Crippen LogP) is -8.41. The zero-order valence-corrected chi connectivity index (χ0v) is 64.0. The van der Waals surface area contributed by atoms with E-state index in [4.69, 9.17) is 40.1 Å². The molecule has 29 N–H and O–H groups in total. The molecule has 0 unspecified atom stereocenters. The van der Waals surface area contributed by atoms with Crippen LogP contribution >= 0.6 is 37.9 Å². The Hall–Kier alpha value is -9.30. The number of nitrogens with two attached hydrogens (primary N) is 7. The van der Waals surface area contributed by atoms with Crippen LogP contribution in [-0.2, 0) is 86.3 Å². The average molecular weight is 1580 g/mol. The summed E-state index contributed by atoms with van der Waals surface area (Å²) in [5, 5.41) is 50.7. The molecule has 0 aliphatic rings. The molecule has 0 fully saturated rings. The molecule has 0 aliphatic carbocycles. The number of carboxylic acid groups (broad SMARTS) is 2. The molecule has 0 radical (unpaired) electrons. The van der Waals surface area contributed by atoms with Crippen molar-refractivity contribution >= 4 is 150 Å². The maximum atomic E-state index is 14.4. The quantitative estimate of drug-likeness (QED) is 0.0116. The lowest BCUT2D eigenvalue weighted by Crippen LogP contribution is -2.62. The molecule has 107 heavy (non-hydrogen) atoms. The number of primary amides is 3. The summed E-state index contributed by atoms with van der Waals surface area (Å²) in [4.78, 5) is 242. The van der Waals surface area contributed by atoms with E-state index in [1.165, 1.54) is 41.5 Å². The van der Waals surface area contributed by atoms with Gasteiger partial charge in [0.2, 0.25) is 94.5 Å². The summed E-state index contributed by atoms with van der Waals surface area (Å²) >= 11 is 12.5. The lowest BCUT2D eigenvalue weighted by Gasteiger charge is -2.30. The summed E-state index contributed by atoms with van der Waals surface area (Å²) in [6.07, 6.45) is -2.90. The number of unbranched alkanes of at least 4 members (excludes halogenated alkanes) is 1. The first kappa shape index (κ1) is 97.7. The molecule has 41 nitrogen and oxygen atoms in total. The predicted molar refractivity (Wildman–Crippen MR) is 398 cm³/mol. The number of aliphatic carboxylic acids is 2. The first-order valence-electron chi connectivity index (χ1n) is 34.5. The Morgan fingerprint density at radius 1 is 0.383 bits per heavy atom. The standard InChI is InChI=1S/C63H111N21O20S3/c1-9-31(8)49(61(102)77-36(17-20-45(89)90)54(95)80-39(26-106)57(98)83-48(30(6)7)62(103)104)84-58(99)40(27-107)79-52(93)33(13-10-11-21-64)74-53(94)35(16-19-42(67)86)76-59(100)46(28(2)3)82-60(101)47(29(4)5)81-55(96)34(14-12-22-71-63(69)70)75-56(97)38(25-105)73-44(88)24-72-51(92)37(23-43(68)87)78-50(91)32(65)15-18-41(66)85/h28-40,46-49,105-107H,9-27,64-65H2,1-8H3,(H2,66,85)(H2,67,86)(H2,68,87)(H,72,92)(H,73,88)(H,74,94)(H,75,97)(H,76,100)(H,77,102)(H,78,91)(H,79,93)(H,80,95)(H,81,96)(H,82,101)(H,83,98)(H,84,99)(H,89,90)(H,103,104)(H4,69,70,71)/t31-,32-,33-,34-,35-,36-,37-,38-,39-,40-,46-,47-,48-,49-/m0/s1. The van der Waals surface area contributed by atoms with E-state index in [9.17, 15) is 96.5 Å². The van der Waals surface area contributed by atoms with Crippen molar-refractivity contribution in [3.8, 4) is 0 Å². The van der Waals surface area contributed by atoms with Crippen molar-refractivity contribution in [3.63, 3.8) is 0 Å². The van der Waals surface area contributed by atoms with E-state index >= 15 is 0 Å². The van der Waals surface area contributed by atoms with Crippen molar-refractivity contribution in [3.05, 3.63) is 0 Å². The van der Waals surface area contributed by atoms with Crippen molar-refractivity contribution in [1.82, 2.24) is 69.1 Å². The number of nitrogens with zero attached hydrogens (tertiary/aromatic N) is 1. The van der Waals surface area contributed by atoms with Crippen LogP contribution in [0.2, 0.25) is 0 Å². The number of aliphatic imine (C=N–C) groups is 1. The summed E-state index contributed by atoms with van der Waals surface area (Å²) in [5.41, 5.74) is 38.4. The molecule has 0 aromatic heterocycles. The van der Waals surface area contributed by atoms with E-state index in [1.807, 2.05) is 0 Å². The van der Waals surface area contributed by atoms with E-state index in [0.29, 0.717) is 6.42 Å². The lowest BCUT2D eigenvalue weighted by atomic mass is 9.97. The summed E-state index contributed by atoms with van der Waals surface area (Å²) < 4.78 is 0. The van der Waals surface area contributed by atoms with E-state index in [0.717, 1.165) is 0 Å². The Morgan fingerprint density at radius 2 is 0.738 bits per heavy atom. The van der Waals surface area contributed by atoms with Crippen LogP contribution in [0.4, 0.5) is 0 Å². The molecular formula is C63H111N21O20S3. The molecule has 0 saturated carbocycles. The first-order chi connectivity index (χ1) is 50.0. The van der Waals surface area contributed by atoms with Crippen LogP contribution in [0.25, 0.3) is 0 Å². The third-order valence-corrected chi connectivity index (χ3v) is 17.3. The Labute approximate surface area is 636 Å². The zero-order valence-electron chi connectivity index (χ0n) is 61.3. The second kappa shape index (κ2) is 51.1. The van der Waals surface area contributed by atoms with Crippen molar-refractivity contribution in [2.75, 3.05) is 36.9 Å². The van der Waals surface area contributed by atoms with Crippen LogP contribution in [-0.4, -0.2) is 238 Å². The number of carboxylic acids is 2. The molecule has 0 bridgehead atoms. The SMILES string of the molecule is CC[C@H](C)[C@H](NC(=O)[C@H](CS)NC(=O)[C@H](CCCCN)NC(=O)[C@H](CCC(N)=O)NC(=O)[C@@H](NC(=O)[C@@H](NC(=O)[C@H](CCCN=C(N)N)NC(=O)[C@H](CS)NC(=O)CNC(=O)[C@H](CC(N)=O)NC(=O)[C@@H](N)CCC(N)=O)C(C)C)C(C)C)C(=O)N[C@@H](CCC(=O)O)C(=O)N[C@@H](CS)C(=O)N[C@H](C(=O)O)C(C)C. The molecule has 14 atom stereocenters. The van der Waals surface area contributed by atoms with Gasteiger partial charge in [-0.05, 0) is 81.6 Å². The molecule has 16 amide bonds. The Balaban J connectivity index is 6.87. The minimum atomic E-state index is -1.66. The maximum Gasteiger partial charge on any atom is 0.326 e. The second-order valence-electron chi connectivity index (χ2n) is 26.2. The van der Waals surface area contributed by atoms with Gasteiger partial charge in [-0.25, -0.2) is 4.79 Å². The maximum absolute atomic E-state index is 14.4. The van der Waals surface area contributed by atoms with E-state index in [2.05, 4.69) is 112 Å². The Kier molecular flexibility index (Phi) is 46.6. The van der Waals surface area contributed by atoms with Crippen LogP contribution < -0.4 is 109 Å². The molecule has 0 aromatic carbocycles. The van der Waals surface area contributed by atoms with Gasteiger partial charge in [0.1, 0.15) is 72.5 Å². The largest absolute Gasteiger partial charge is 0.481 e. The fraction of sp³-hybridized carbons (Fsp3) is 0.698. The summed E-state index contributed by atoms with van der Waals surface area (Å²) in [5.74, 6) is -22.6. The topological polar surface area (TPSA) is 699 Å². The fourth-order valence-corrected chi connectivity index (χ4v) is 10.5. The third-order valence-electron chi connectivity index (χ3n) is 16.2. The van der Waals surface area contributed by atoms with Crippen molar-refractivity contribution in [1.29, 1.82) is 0 Å². The van der Waals surface area contributed by atoms with Crippen LogP contribution in [0.1, 0.15) is 139 Å². The highest BCUT2D eigenvalue weighted by atomic mass is 32.1. The van der Waals surface area contributed by atoms with Crippen LogP contribution in [0.15, 0.2) is 4.99 Å². The van der Waals surface area contributed by atoms with Gasteiger partial charge >= 0.3 is 11.9 Å². The average Bonchev–Trinajstić information content (AvgIpc) is 0.851. The van der Waals surface area contributed by atoms with Crippen LogP contribution in [0.5, 0.6) is 0 Å². The summed E-state index contributed by atoms with van der Waals surface area (Å²) in [6, 6.07) is -19.6. The number of hydrogen-bond acceptors (Lipinski definition) is 24. The van der Waals surface area contributed by atoms with E-state index in [1.54, 1.807) is 13.8 Å². The number of rotatable bonds is 54.